The van der Waals surface area contributed by atoms with Crippen LogP contribution in [0.25, 0.3) is 0 Å². The van der Waals surface area contributed by atoms with Gasteiger partial charge in [0.05, 0.1) is 6.61 Å². The van der Waals surface area contributed by atoms with Crippen LogP contribution in [0.15, 0.2) is 0 Å². The highest BCUT2D eigenvalue weighted by molar-refractivity contribution is 5.74. The fraction of sp³-hybridized carbons (Fsp3) is 0.900. The zero-order valence-corrected chi connectivity index (χ0v) is 9.42. The summed E-state index contributed by atoms with van der Waals surface area (Å²) < 4.78 is 0. The van der Waals surface area contributed by atoms with Gasteiger partial charge in [-0.1, -0.05) is 6.92 Å². The van der Waals surface area contributed by atoms with Crippen molar-refractivity contribution in [2.75, 3.05) is 32.8 Å². The molecular weight excluding hydrogens is 194 g/mol. The average molecular weight is 215 g/mol. The molecule has 0 atom stereocenters. The van der Waals surface area contributed by atoms with Crippen molar-refractivity contribution in [1.29, 1.82) is 0 Å². The fourth-order valence-corrected chi connectivity index (χ4v) is 1.49. The van der Waals surface area contributed by atoms with Gasteiger partial charge in [0.2, 0.25) is 0 Å². The lowest BCUT2D eigenvalue weighted by atomic mass is 10.4. The average Bonchev–Trinajstić information content (AvgIpc) is 2.76. The minimum Gasteiger partial charge on any atom is -0.336 e. The number of hydrogen-bond donors (Lipinski definition) is 2. The first-order valence-electron chi connectivity index (χ1n) is 5.72. The zero-order valence-electron chi connectivity index (χ0n) is 9.42. The smallest absolute Gasteiger partial charge is 0.317 e. The van der Waals surface area contributed by atoms with Crippen molar-refractivity contribution < 1.29 is 9.63 Å². The number of carbonyl (C=O) groups excluding carboxylic acids is 1. The van der Waals surface area contributed by atoms with E-state index in [-0.39, 0.29) is 6.03 Å². The topological polar surface area (TPSA) is 53.6 Å². The summed E-state index contributed by atoms with van der Waals surface area (Å²) >= 11 is 0. The van der Waals surface area contributed by atoms with Gasteiger partial charge >= 0.3 is 6.03 Å². The van der Waals surface area contributed by atoms with Crippen LogP contribution in [0.2, 0.25) is 0 Å². The molecule has 0 aromatic rings. The molecule has 88 valence electrons. The zero-order chi connectivity index (χ0) is 10.9. The molecule has 5 heteroatoms. The van der Waals surface area contributed by atoms with Gasteiger partial charge in [-0.15, -0.1) is 0 Å². The lowest BCUT2D eigenvalue weighted by molar-refractivity contribution is 0.0439. The van der Waals surface area contributed by atoms with E-state index in [9.17, 15) is 4.79 Å². The number of rotatable bonds is 6. The number of nitrogens with zero attached hydrogens (tertiary/aromatic N) is 1. The fourth-order valence-electron chi connectivity index (χ4n) is 1.49. The minimum absolute atomic E-state index is 0.0339. The van der Waals surface area contributed by atoms with Crippen LogP contribution in [0.5, 0.6) is 0 Å². The molecule has 2 N–H and O–H groups in total. The van der Waals surface area contributed by atoms with Crippen LogP contribution in [0.3, 0.4) is 0 Å². The highest BCUT2D eigenvalue weighted by atomic mass is 16.6. The summed E-state index contributed by atoms with van der Waals surface area (Å²) in [5.41, 5.74) is 2.81. The Morgan fingerprint density at radius 2 is 2.07 bits per heavy atom. The summed E-state index contributed by atoms with van der Waals surface area (Å²) in [7, 11) is 0. The Kier molecular flexibility index (Phi) is 6.11. The molecule has 0 aromatic heterocycles. The third kappa shape index (κ3) is 4.99. The molecular formula is C10H21N3O2. The lowest BCUT2D eigenvalue weighted by Gasteiger charge is -2.15. The van der Waals surface area contributed by atoms with Crippen molar-refractivity contribution in [3.8, 4) is 0 Å². The number of urea groups is 1. The molecule has 1 heterocycles. The Bertz CT molecular complexity index is 182. The summed E-state index contributed by atoms with van der Waals surface area (Å²) in [4.78, 5) is 18.4. The molecule has 0 aliphatic carbocycles. The number of carbonyl (C=O) groups is 1. The van der Waals surface area contributed by atoms with Crippen LogP contribution < -0.4 is 10.8 Å². The van der Waals surface area contributed by atoms with Crippen molar-refractivity contribution in [3.05, 3.63) is 0 Å². The Morgan fingerprint density at radius 1 is 1.33 bits per heavy atom. The molecule has 15 heavy (non-hydrogen) atoms. The van der Waals surface area contributed by atoms with Gasteiger partial charge in [0, 0.05) is 26.2 Å². The van der Waals surface area contributed by atoms with E-state index in [1.165, 1.54) is 0 Å². The van der Waals surface area contributed by atoms with E-state index in [1.54, 1.807) is 0 Å². The third-order valence-corrected chi connectivity index (χ3v) is 2.33. The highest BCUT2D eigenvalue weighted by Gasteiger charge is 2.16. The van der Waals surface area contributed by atoms with E-state index in [0.29, 0.717) is 13.2 Å². The predicted molar refractivity (Wildman–Crippen MR) is 58.5 cm³/mol. The first-order chi connectivity index (χ1) is 7.34. The van der Waals surface area contributed by atoms with Crippen LogP contribution in [-0.2, 0) is 4.84 Å². The van der Waals surface area contributed by atoms with Crippen LogP contribution in [-0.4, -0.2) is 43.7 Å². The first kappa shape index (κ1) is 12.3. The van der Waals surface area contributed by atoms with E-state index in [0.717, 1.165) is 38.9 Å². The molecule has 0 radical (unpaired) electrons. The van der Waals surface area contributed by atoms with Gasteiger partial charge in [0.15, 0.2) is 0 Å². The van der Waals surface area contributed by atoms with Crippen LogP contribution in [0, 0.1) is 0 Å². The van der Waals surface area contributed by atoms with Gasteiger partial charge in [-0.25, -0.2) is 10.3 Å². The summed E-state index contributed by atoms with van der Waals surface area (Å²) in [5, 5.41) is 2.82. The van der Waals surface area contributed by atoms with E-state index in [1.807, 2.05) is 4.90 Å². The molecule has 0 aromatic carbocycles. The van der Waals surface area contributed by atoms with E-state index in [2.05, 4.69) is 17.7 Å². The molecule has 5 nitrogen and oxygen atoms in total. The van der Waals surface area contributed by atoms with Crippen LogP contribution >= 0.6 is 0 Å². The van der Waals surface area contributed by atoms with Crippen molar-refractivity contribution in [1.82, 2.24) is 15.7 Å². The second-order valence-corrected chi connectivity index (χ2v) is 3.67. The lowest BCUT2D eigenvalue weighted by Crippen LogP contribution is -2.39. The second kappa shape index (κ2) is 7.48. The standard InChI is InChI=1S/C10H21N3O2/c1-2-5-12-15-9-6-11-10(14)13-7-3-4-8-13/h12H,2-9H2,1H3,(H,11,14). The number of amides is 2. The van der Waals surface area contributed by atoms with Crippen molar-refractivity contribution >= 4 is 6.03 Å². The molecule has 1 rings (SSSR count). The SMILES string of the molecule is CCCNOCCNC(=O)N1CCCC1. The molecule has 0 bridgehead atoms. The first-order valence-corrected chi connectivity index (χ1v) is 5.72. The molecule has 1 aliphatic heterocycles. The molecule has 0 spiro atoms. The maximum atomic E-state index is 11.5. The Labute approximate surface area is 91.1 Å². The van der Waals surface area contributed by atoms with E-state index in [4.69, 9.17) is 4.84 Å². The number of likely N-dealkylation sites (tertiary alicyclic amines) is 1. The van der Waals surface area contributed by atoms with E-state index < -0.39 is 0 Å². The maximum Gasteiger partial charge on any atom is 0.317 e. The second-order valence-electron chi connectivity index (χ2n) is 3.67. The Balaban J connectivity index is 1.92. The number of hydrogen-bond acceptors (Lipinski definition) is 3. The highest BCUT2D eigenvalue weighted by Crippen LogP contribution is 2.06. The van der Waals surface area contributed by atoms with Crippen LogP contribution in [0.4, 0.5) is 4.79 Å². The summed E-state index contributed by atoms with van der Waals surface area (Å²) in [6.07, 6.45) is 3.30. The molecule has 1 aliphatic rings. The normalized spacial score (nSPS) is 15.7. The molecule has 0 unspecified atom stereocenters. The summed E-state index contributed by atoms with van der Waals surface area (Å²) in [6, 6.07) is 0.0339. The van der Waals surface area contributed by atoms with Crippen molar-refractivity contribution in [3.63, 3.8) is 0 Å². The van der Waals surface area contributed by atoms with Gasteiger partial charge in [0.25, 0.3) is 0 Å². The molecule has 2 amide bonds. The molecule has 0 saturated carbocycles. The monoisotopic (exact) mass is 215 g/mol. The van der Waals surface area contributed by atoms with Crippen molar-refractivity contribution in [2.45, 2.75) is 26.2 Å². The van der Waals surface area contributed by atoms with Crippen molar-refractivity contribution in [2.24, 2.45) is 0 Å². The molecule has 1 saturated heterocycles. The third-order valence-electron chi connectivity index (χ3n) is 2.33. The van der Waals surface area contributed by atoms with E-state index >= 15 is 0 Å². The summed E-state index contributed by atoms with van der Waals surface area (Å²) in [5.74, 6) is 0. The minimum atomic E-state index is 0.0339. The molecule has 1 fully saturated rings. The number of nitrogens with one attached hydrogen (secondary N) is 2. The Morgan fingerprint density at radius 3 is 2.73 bits per heavy atom. The maximum absolute atomic E-state index is 11.5. The summed E-state index contributed by atoms with van der Waals surface area (Å²) in [6.45, 7) is 5.78. The van der Waals surface area contributed by atoms with Gasteiger partial charge in [-0.3, -0.25) is 4.84 Å². The van der Waals surface area contributed by atoms with Crippen LogP contribution in [0.1, 0.15) is 26.2 Å². The van der Waals surface area contributed by atoms with Gasteiger partial charge in [0.1, 0.15) is 0 Å². The number of hydroxylamine groups is 1. The largest absolute Gasteiger partial charge is 0.336 e. The van der Waals surface area contributed by atoms with Gasteiger partial charge in [-0.2, -0.15) is 0 Å². The quantitative estimate of drug-likeness (QED) is 0.507. The predicted octanol–water partition coefficient (Wildman–Crippen LogP) is 0.723. The Hall–Kier alpha value is -0.810. The van der Waals surface area contributed by atoms with Gasteiger partial charge in [-0.05, 0) is 19.3 Å². The van der Waals surface area contributed by atoms with Gasteiger partial charge < -0.3 is 10.2 Å².